The van der Waals surface area contributed by atoms with Crippen LogP contribution in [-0.4, -0.2) is 11.1 Å². The molecule has 0 spiro atoms. The molecule has 0 unspecified atom stereocenters. The molecule has 37 heavy (non-hydrogen) atoms. The molecule has 0 N–H and O–H groups in total. The largest absolute Gasteiger partial charge is 0.457 e. The van der Waals surface area contributed by atoms with Crippen LogP contribution in [0, 0.1) is 34.6 Å². The lowest BCUT2D eigenvalue weighted by molar-refractivity contribution is -0.113. The Bertz CT molecular complexity index is 1560. The number of aliphatic imine (C=N–C) groups is 1. The third-order valence-corrected chi connectivity index (χ3v) is 7.85. The van der Waals surface area contributed by atoms with Gasteiger partial charge in [0.25, 0.3) is 5.91 Å². The highest BCUT2D eigenvalue weighted by Gasteiger charge is 2.36. The fourth-order valence-electron chi connectivity index (χ4n) is 4.44. The molecule has 1 fully saturated rings. The number of thioether (sulfide) groups is 1. The van der Waals surface area contributed by atoms with E-state index in [0.717, 1.165) is 44.8 Å². The number of halogens is 1. The molecule has 2 heterocycles. The first-order valence-electron chi connectivity index (χ1n) is 12.0. The number of carbonyl (C=O) groups is 1. The van der Waals surface area contributed by atoms with Crippen molar-refractivity contribution in [2.45, 2.75) is 34.6 Å². The van der Waals surface area contributed by atoms with Crippen molar-refractivity contribution in [3.05, 3.63) is 110 Å². The highest BCUT2D eigenvalue weighted by Crippen LogP contribution is 2.41. The molecular weight excluding hydrogens is 500 g/mol. The van der Waals surface area contributed by atoms with Gasteiger partial charge in [-0.25, -0.2) is 4.99 Å². The van der Waals surface area contributed by atoms with Crippen molar-refractivity contribution in [3.8, 4) is 11.3 Å². The van der Waals surface area contributed by atoms with Gasteiger partial charge in [0.1, 0.15) is 11.5 Å². The lowest BCUT2D eigenvalue weighted by Gasteiger charge is -2.21. The van der Waals surface area contributed by atoms with E-state index in [1.807, 2.05) is 101 Å². The van der Waals surface area contributed by atoms with Crippen molar-refractivity contribution in [2.75, 3.05) is 4.90 Å². The van der Waals surface area contributed by atoms with Gasteiger partial charge in [0.2, 0.25) is 0 Å². The third-order valence-electron chi connectivity index (χ3n) is 6.47. The lowest BCUT2D eigenvalue weighted by atomic mass is 10.1. The fourth-order valence-corrected chi connectivity index (χ4v) is 5.58. The average molecular weight is 527 g/mol. The van der Waals surface area contributed by atoms with Gasteiger partial charge in [0, 0.05) is 16.7 Å². The van der Waals surface area contributed by atoms with Gasteiger partial charge in [-0.1, -0.05) is 60.1 Å². The maximum absolute atomic E-state index is 13.8. The Morgan fingerprint density at radius 2 is 1.49 bits per heavy atom. The zero-order chi connectivity index (χ0) is 26.3. The third kappa shape index (κ3) is 4.89. The van der Waals surface area contributed by atoms with Crippen LogP contribution < -0.4 is 4.90 Å². The van der Waals surface area contributed by atoms with Gasteiger partial charge in [0.15, 0.2) is 5.17 Å². The van der Waals surface area contributed by atoms with Gasteiger partial charge < -0.3 is 4.42 Å². The zero-order valence-corrected chi connectivity index (χ0v) is 23.0. The molecule has 186 valence electrons. The molecule has 0 radical (unpaired) electrons. The second-order valence-electron chi connectivity index (χ2n) is 9.29. The Hall–Kier alpha value is -3.54. The highest BCUT2D eigenvalue weighted by atomic mass is 35.5. The number of anilines is 1. The molecule has 5 rings (SSSR count). The molecule has 6 heteroatoms. The van der Waals surface area contributed by atoms with Crippen LogP contribution >= 0.6 is 23.4 Å². The first kappa shape index (κ1) is 25.1. The number of hydrogen-bond donors (Lipinski definition) is 0. The van der Waals surface area contributed by atoms with E-state index in [1.54, 1.807) is 11.0 Å². The number of rotatable bonds is 4. The summed E-state index contributed by atoms with van der Waals surface area (Å²) in [6, 6.07) is 21.7. The van der Waals surface area contributed by atoms with E-state index >= 15 is 0 Å². The molecule has 0 bridgehead atoms. The van der Waals surface area contributed by atoms with Crippen LogP contribution in [0.15, 0.2) is 81.0 Å². The number of aryl methyl sites for hydroxylation is 5. The molecule has 1 saturated heterocycles. The zero-order valence-electron chi connectivity index (χ0n) is 21.4. The molecule has 1 aliphatic heterocycles. The van der Waals surface area contributed by atoms with Crippen molar-refractivity contribution in [2.24, 2.45) is 4.99 Å². The predicted octanol–water partition coefficient (Wildman–Crippen LogP) is 8.95. The smallest absolute Gasteiger partial charge is 0.271 e. The van der Waals surface area contributed by atoms with Crippen LogP contribution in [-0.2, 0) is 4.79 Å². The number of amides is 1. The van der Waals surface area contributed by atoms with E-state index in [-0.39, 0.29) is 5.91 Å². The molecule has 3 aromatic carbocycles. The molecule has 0 saturated carbocycles. The number of nitrogens with zero attached hydrogens (tertiary/aromatic N) is 2. The summed E-state index contributed by atoms with van der Waals surface area (Å²) in [5, 5.41) is 1.31. The minimum absolute atomic E-state index is 0.122. The van der Waals surface area contributed by atoms with Crippen LogP contribution in [0.1, 0.15) is 33.6 Å². The number of carbonyl (C=O) groups excluding carboxylic acids is 1. The van der Waals surface area contributed by atoms with E-state index in [9.17, 15) is 4.79 Å². The van der Waals surface area contributed by atoms with Gasteiger partial charge in [-0.3, -0.25) is 9.69 Å². The molecule has 4 aromatic rings. The summed E-state index contributed by atoms with van der Waals surface area (Å²) in [7, 11) is 0. The number of amidine groups is 1. The maximum Gasteiger partial charge on any atom is 0.271 e. The fraction of sp³-hybridized carbons (Fsp3) is 0.161. The SMILES string of the molecule is Cc1ccc(-c2ccc(/C=C3\SC(=Nc4c(C)cccc4C)N(c4c(C)cccc4C)C3=O)o2)cc1Cl. The predicted molar refractivity (Wildman–Crippen MR) is 156 cm³/mol. The van der Waals surface area contributed by atoms with E-state index in [1.165, 1.54) is 11.8 Å². The highest BCUT2D eigenvalue weighted by molar-refractivity contribution is 8.19. The van der Waals surface area contributed by atoms with Crippen LogP contribution in [0.3, 0.4) is 0 Å². The van der Waals surface area contributed by atoms with E-state index in [2.05, 4.69) is 0 Å². The summed E-state index contributed by atoms with van der Waals surface area (Å²) in [6.07, 6.45) is 1.79. The lowest BCUT2D eigenvalue weighted by Crippen LogP contribution is -2.30. The monoisotopic (exact) mass is 526 g/mol. The van der Waals surface area contributed by atoms with E-state index in [4.69, 9.17) is 21.0 Å². The number of furan rings is 1. The summed E-state index contributed by atoms with van der Waals surface area (Å²) in [5.74, 6) is 1.17. The van der Waals surface area contributed by atoms with Crippen LogP contribution in [0.2, 0.25) is 5.02 Å². The van der Waals surface area contributed by atoms with Crippen LogP contribution in [0.25, 0.3) is 17.4 Å². The Labute approximate surface area is 226 Å². The second-order valence-corrected chi connectivity index (χ2v) is 10.7. The van der Waals surface area contributed by atoms with Crippen molar-refractivity contribution in [1.82, 2.24) is 0 Å². The molecule has 0 aliphatic carbocycles. The summed E-state index contributed by atoms with van der Waals surface area (Å²) in [4.78, 5) is 21.1. The first-order chi connectivity index (χ1) is 17.7. The number of para-hydroxylation sites is 2. The topological polar surface area (TPSA) is 45.8 Å². The quantitative estimate of drug-likeness (QED) is 0.249. The van der Waals surface area contributed by atoms with E-state index in [0.29, 0.717) is 26.6 Å². The van der Waals surface area contributed by atoms with Crippen molar-refractivity contribution < 1.29 is 9.21 Å². The van der Waals surface area contributed by atoms with Crippen LogP contribution in [0.5, 0.6) is 0 Å². The Morgan fingerprint density at radius 1 is 0.838 bits per heavy atom. The van der Waals surface area contributed by atoms with Gasteiger partial charge in [-0.15, -0.1) is 0 Å². The summed E-state index contributed by atoms with van der Waals surface area (Å²) in [5.41, 5.74) is 7.80. The number of hydrogen-bond acceptors (Lipinski definition) is 4. The molecule has 1 aromatic heterocycles. The first-order valence-corrected chi connectivity index (χ1v) is 13.2. The Balaban J connectivity index is 1.58. The van der Waals surface area contributed by atoms with Gasteiger partial charge in [-0.05, 0) is 92.4 Å². The maximum atomic E-state index is 13.8. The molecule has 0 atom stereocenters. The Kier molecular flexibility index (Phi) is 6.84. The van der Waals surface area contributed by atoms with Crippen molar-refractivity contribution in [1.29, 1.82) is 0 Å². The molecule has 1 aliphatic rings. The Morgan fingerprint density at radius 3 is 2.14 bits per heavy atom. The van der Waals surface area contributed by atoms with Crippen molar-refractivity contribution in [3.63, 3.8) is 0 Å². The van der Waals surface area contributed by atoms with Gasteiger partial charge in [-0.2, -0.15) is 0 Å². The molecule has 4 nitrogen and oxygen atoms in total. The standard InChI is InChI=1S/C31H27ClN2O2S/c1-18-12-13-23(16-25(18)32)26-15-14-24(36-26)17-27-30(35)34(29-21(4)10-7-11-22(29)5)31(37-27)33-28-19(2)8-6-9-20(28)3/h6-17H,1-5H3/b27-17-,33-31?. The molecular formula is C31H27ClN2O2S. The second kappa shape index (κ2) is 10.1. The summed E-state index contributed by atoms with van der Waals surface area (Å²) >= 11 is 7.67. The summed E-state index contributed by atoms with van der Waals surface area (Å²) in [6.45, 7) is 10.1. The van der Waals surface area contributed by atoms with Gasteiger partial charge >= 0.3 is 0 Å². The van der Waals surface area contributed by atoms with E-state index < -0.39 is 0 Å². The van der Waals surface area contributed by atoms with Gasteiger partial charge in [0.05, 0.1) is 16.3 Å². The molecule has 1 amide bonds. The number of benzene rings is 3. The minimum Gasteiger partial charge on any atom is -0.457 e. The minimum atomic E-state index is -0.122. The van der Waals surface area contributed by atoms with Crippen molar-refractivity contribution >= 4 is 51.9 Å². The van der Waals surface area contributed by atoms with Crippen LogP contribution in [0.4, 0.5) is 11.4 Å². The average Bonchev–Trinajstić information content (AvgIpc) is 3.44. The normalized spacial score (nSPS) is 15.8. The summed E-state index contributed by atoms with van der Waals surface area (Å²) < 4.78 is 6.10.